The Morgan fingerprint density at radius 3 is 2.05 bits per heavy atom. The summed E-state index contributed by atoms with van der Waals surface area (Å²) in [6.45, 7) is 2.34. The van der Waals surface area contributed by atoms with Gasteiger partial charge in [-0.1, -0.05) is 35.5 Å². The highest BCUT2D eigenvalue weighted by atomic mass is 35.5. The Hall–Kier alpha value is -6.18. The number of amides is 2. The summed E-state index contributed by atoms with van der Waals surface area (Å²) in [5.74, 6) is -1.33. The molecule has 0 radical (unpaired) electrons. The number of aromatic nitrogens is 2. The van der Waals surface area contributed by atoms with Crippen LogP contribution in [0.4, 0.5) is 5.82 Å². The number of nitrogens with one attached hydrogen (secondary N) is 2. The van der Waals surface area contributed by atoms with Crippen molar-refractivity contribution in [2.75, 3.05) is 32.0 Å². The molecule has 8 N–H and O–H groups in total. The molecule has 3 unspecified atom stereocenters. The molecule has 2 heterocycles. The number of carbonyl (C=O) groups is 4. The van der Waals surface area contributed by atoms with E-state index in [1.54, 1.807) is 48.5 Å². The number of halogens is 1. The van der Waals surface area contributed by atoms with Gasteiger partial charge in [0.1, 0.15) is 53.8 Å². The lowest BCUT2D eigenvalue weighted by Gasteiger charge is -2.19. The highest BCUT2D eigenvalue weighted by Gasteiger charge is 2.23. The maximum Gasteiger partial charge on any atom is 0.308 e. The molecule has 2 aromatic heterocycles. The average Bonchev–Trinajstić information content (AvgIpc) is 3.67. The van der Waals surface area contributed by atoms with Gasteiger partial charge in [0.25, 0.3) is 0 Å². The van der Waals surface area contributed by atoms with E-state index in [0.29, 0.717) is 27.9 Å². The lowest BCUT2D eigenvalue weighted by atomic mass is 9.97. The number of carbonyl (C=O) groups excluding carboxylic acids is 4. The minimum Gasteiger partial charge on any atom is -0.490 e. The molecular formula is C38H40ClN9O8S. The number of esters is 2. The van der Waals surface area contributed by atoms with Crippen molar-refractivity contribution in [2.45, 2.75) is 55.7 Å². The molecule has 0 bridgehead atoms. The van der Waals surface area contributed by atoms with E-state index < -0.39 is 41.9 Å². The van der Waals surface area contributed by atoms with Gasteiger partial charge in [0, 0.05) is 35.0 Å². The first-order valence-electron chi connectivity index (χ1n) is 17.4. The first-order valence-corrected chi connectivity index (χ1v) is 18.8. The number of anilines is 1. The van der Waals surface area contributed by atoms with E-state index in [1.807, 2.05) is 6.07 Å². The number of hydrogen-bond acceptors (Lipinski definition) is 16. The van der Waals surface area contributed by atoms with Crippen LogP contribution < -0.4 is 32.6 Å². The van der Waals surface area contributed by atoms with E-state index in [0.717, 1.165) is 5.56 Å². The number of nitrogens with zero attached hydrogens (tertiary/aromatic N) is 4. The Morgan fingerprint density at radius 2 is 1.46 bits per heavy atom. The van der Waals surface area contributed by atoms with Crippen LogP contribution in [-0.2, 0) is 34.4 Å². The molecule has 0 spiro atoms. The van der Waals surface area contributed by atoms with Crippen molar-refractivity contribution in [3.63, 3.8) is 0 Å². The predicted molar refractivity (Wildman–Crippen MR) is 209 cm³/mol. The molecule has 4 rings (SSSR count). The first kappa shape index (κ1) is 43.5. The Morgan fingerprint density at radius 1 is 0.860 bits per heavy atom. The third-order valence-corrected chi connectivity index (χ3v) is 9.07. The van der Waals surface area contributed by atoms with Crippen LogP contribution in [0.15, 0.2) is 64.2 Å². The van der Waals surface area contributed by atoms with Gasteiger partial charge in [-0.2, -0.15) is 10.5 Å². The monoisotopic (exact) mass is 817 g/mol. The third kappa shape index (κ3) is 12.9. The fourth-order valence-corrected chi connectivity index (χ4v) is 5.85. The zero-order valence-corrected chi connectivity index (χ0v) is 32.5. The summed E-state index contributed by atoms with van der Waals surface area (Å²) < 4.78 is 22.3. The van der Waals surface area contributed by atoms with E-state index in [4.69, 9.17) is 47.4 Å². The lowest BCUT2D eigenvalue weighted by molar-refractivity contribution is -0.160. The van der Waals surface area contributed by atoms with E-state index in [-0.39, 0.29) is 72.4 Å². The topological polar surface area (TPSA) is 285 Å². The van der Waals surface area contributed by atoms with Gasteiger partial charge in [-0.25, -0.2) is 9.97 Å². The van der Waals surface area contributed by atoms with Crippen molar-refractivity contribution in [3.8, 4) is 40.5 Å². The zero-order chi connectivity index (χ0) is 41.5. The second-order valence-electron chi connectivity index (χ2n) is 12.4. The number of nitrogens with two attached hydrogens (primary N) is 3. The summed E-state index contributed by atoms with van der Waals surface area (Å²) in [5, 5.41) is 26.1. The highest BCUT2D eigenvalue weighted by molar-refractivity contribution is 7.98. The van der Waals surface area contributed by atoms with Crippen LogP contribution in [0.25, 0.3) is 22.6 Å². The van der Waals surface area contributed by atoms with Crippen molar-refractivity contribution >= 4 is 52.9 Å². The van der Waals surface area contributed by atoms with Gasteiger partial charge in [-0.05, 0) is 55.8 Å². The van der Waals surface area contributed by atoms with Gasteiger partial charge >= 0.3 is 11.9 Å². The number of thioether (sulfide) groups is 1. The van der Waals surface area contributed by atoms with E-state index >= 15 is 0 Å². The van der Waals surface area contributed by atoms with Crippen LogP contribution in [-0.4, -0.2) is 78.2 Å². The Bertz CT molecular complexity index is 2130. The molecule has 3 atom stereocenters. The smallest absolute Gasteiger partial charge is 0.308 e. The zero-order valence-electron chi connectivity index (χ0n) is 31.0. The van der Waals surface area contributed by atoms with Crippen molar-refractivity contribution < 1.29 is 37.8 Å². The standard InChI is InChI=1S/C38H40ClN9O8S/c1-21(42)35(51)45-13-11-31(49)54-19-28(56-32(50)12-14-46-36(52)22(2)43)18-53-27-9-5-23(6-10-27)33-29(15-40)34(44)48-38(30(33)16-41)57-20-26-17-55-37(47-26)24-3-7-25(39)8-4-24/h3-10,17,21-22,28H,11-14,18-20,42-43H2,1-2H3,(H2,44,48)(H,45,51)(H,46,52). The minimum absolute atomic E-state index is 0.0102. The molecule has 4 aromatic rings. The van der Waals surface area contributed by atoms with Gasteiger partial charge in [0.2, 0.25) is 17.7 Å². The van der Waals surface area contributed by atoms with Gasteiger partial charge in [-0.3, -0.25) is 19.2 Å². The van der Waals surface area contributed by atoms with Gasteiger partial charge < -0.3 is 46.5 Å². The number of rotatable bonds is 19. The molecule has 0 fully saturated rings. The highest BCUT2D eigenvalue weighted by Crippen LogP contribution is 2.37. The summed E-state index contributed by atoms with van der Waals surface area (Å²) in [6, 6.07) is 16.1. The van der Waals surface area contributed by atoms with E-state index in [9.17, 15) is 29.7 Å². The normalized spacial score (nSPS) is 12.3. The summed E-state index contributed by atoms with van der Waals surface area (Å²) in [6.07, 6.45) is 0.0821. The third-order valence-electron chi connectivity index (χ3n) is 7.81. The average molecular weight is 818 g/mol. The van der Waals surface area contributed by atoms with Crippen LogP contribution >= 0.6 is 23.4 Å². The Balaban J connectivity index is 1.45. The Kier molecular flexibility index (Phi) is 16.2. The van der Waals surface area contributed by atoms with Crippen LogP contribution in [0, 0.1) is 22.7 Å². The largest absolute Gasteiger partial charge is 0.490 e. The molecule has 2 amide bonds. The SMILES string of the molecule is CC(N)C(=O)NCCC(=O)OCC(COc1ccc(-c2c(C#N)c(N)nc(SCc3coc(-c4ccc(Cl)cc4)n3)c2C#N)cc1)OC(=O)CCNC(=O)C(C)N. The van der Waals surface area contributed by atoms with Crippen molar-refractivity contribution in [2.24, 2.45) is 11.5 Å². The molecule has 0 aliphatic carbocycles. The number of benzene rings is 2. The summed E-state index contributed by atoms with van der Waals surface area (Å²) in [7, 11) is 0. The van der Waals surface area contributed by atoms with Gasteiger partial charge in [-0.15, -0.1) is 0 Å². The Labute approximate surface area is 337 Å². The second-order valence-corrected chi connectivity index (χ2v) is 13.8. The van der Waals surface area contributed by atoms with Crippen molar-refractivity contribution in [3.05, 3.63) is 76.6 Å². The van der Waals surface area contributed by atoms with Gasteiger partial charge in [0.15, 0.2) is 6.10 Å². The summed E-state index contributed by atoms with van der Waals surface area (Å²) in [5.41, 5.74) is 19.5. The van der Waals surface area contributed by atoms with E-state index in [1.165, 1.54) is 31.9 Å². The fourth-order valence-electron chi connectivity index (χ4n) is 4.86. The molecule has 2 aromatic carbocycles. The number of hydrogen-bond donors (Lipinski definition) is 5. The van der Waals surface area contributed by atoms with Crippen LogP contribution in [0.5, 0.6) is 5.75 Å². The number of nitrogen functional groups attached to an aromatic ring is 1. The first-order chi connectivity index (χ1) is 27.3. The summed E-state index contributed by atoms with van der Waals surface area (Å²) in [4.78, 5) is 57.2. The molecule has 19 heteroatoms. The quantitative estimate of drug-likeness (QED) is 0.0671. The van der Waals surface area contributed by atoms with Crippen LogP contribution in [0.3, 0.4) is 0 Å². The maximum absolute atomic E-state index is 12.6. The molecule has 17 nitrogen and oxygen atoms in total. The molecule has 298 valence electrons. The van der Waals surface area contributed by atoms with Crippen LogP contribution in [0.2, 0.25) is 5.02 Å². The molecule has 57 heavy (non-hydrogen) atoms. The molecule has 0 saturated carbocycles. The fraction of sp³-hybridized carbons (Fsp3) is 0.316. The number of oxazole rings is 1. The molecule has 0 aliphatic heterocycles. The van der Waals surface area contributed by atoms with Gasteiger partial charge in [0.05, 0.1) is 36.2 Å². The number of pyridine rings is 1. The molecular weight excluding hydrogens is 778 g/mol. The molecule has 0 saturated heterocycles. The summed E-state index contributed by atoms with van der Waals surface area (Å²) >= 11 is 7.18. The number of ether oxygens (including phenoxy) is 3. The predicted octanol–water partition coefficient (Wildman–Crippen LogP) is 3.22. The lowest BCUT2D eigenvalue weighted by Crippen LogP contribution is -2.40. The second kappa shape index (κ2) is 21.2. The number of nitriles is 2. The van der Waals surface area contributed by atoms with Crippen LogP contribution in [0.1, 0.15) is 43.5 Å². The van der Waals surface area contributed by atoms with Crippen molar-refractivity contribution in [1.29, 1.82) is 10.5 Å². The maximum atomic E-state index is 12.6. The van der Waals surface area contributed by atoms with E-state index in [2.05, 4.69) is 26.7 Å². The minimum atomic E-state index is -1.06. The molecule has 0 aliphatic rings. The van der Waals surface area contributed by atoms with Crippen molar-refractivity contribution in [1.82, 2.24) is 20.6 Å².